The Balaban J connectivity index is 1.85. The molecule has 0 atom stereocenters. The first-order chi connectivity index (χ1) is 9.67. The summed E-state index contributed by atoms with van der Waals surface area (Å²) in [5.41, 5.74) is 3.24. The summed E-state index contributed by atoms with van der Waals surface area (Å²) in [4.78, 5) is 0. The van der Waals surface area contributed by atoms with Crippen LogP contribution in [0.3, 0.4) is 0 Å². The molecule has 0 amide bonds. The summed E-state index contributed by atoms with van der Waals surface area (Å²) in [6.45, 7) is 2.26. The molecule has 0 unspecified atom stereocenters. The molecule has 2 aromatic rings. The third kappa shape index (κ3) is 2.27. The maximum atomic E-state index is 9.56. The molecule has 0 bridgehead atoms. The Bertz CT molecular complexity index is 709. The van der Waals surface area contributed by atoms with E-state index in [1.165, 1.54) is 0 Å². The van der Waals surface area contributed by atoms with Crippen molar-refractivity contribution < 1.29 is 14.4 Å². The number of nitriles is 1. The molecule has 1 aliphatic rings. The fourth-order valence-corrected chi connectivity index (χ4v) is 2.23. The number of rotatable bonds is 2. The second-order valence-electron chi connectivity index (χ2n) is 4.71. The maximum Gasteiger partial charge on any atom is 0.491 e. The van der Waals surface area contributed by atoms with Crippen LogP contribution >= 0.6 is 0 Å². The first-order valence-corrected chi connectivity index (χ1v) is 6.28. The predicted molar refractivity (Wildman–Crippen MR) is 74.8 cm³/mol. The van der Waals surface area contributed by atoms with Crippen LogP contribution in [0, 0.1) is 18.3 Å². The highest BCUT2D eigenvalue weighted by molar-refractivity contribution is 6.61. The summed E-state index contributed by atoms with van der Waals surface area (Å²) in [5, 5.41) is 18.5. The largest absolute Gasteiger partial charge is 0.491 e. The smallest absolute Gasteiger partial charge is 0.457 e. The van der Waals surface area contributed by atoms with Gasteiger partial charge in [0.25, 0.3) is 0 Å². The molecule has 1 aliphatic heterocycles. The van der Waals surface area contributed by atoms with Gasteiger partial charge in [0.15, 0.2) is 0 Å². The number of hydrogen-bond acceptors (Lipinski definition) is 4. The highest BCUT2D eigenvalue weighted by Crippen LogP contribution is 2.25. The lowest BCUT2D eigenvalue weighted by Crippen LogP contribution is -2.27. The van der Waals surface area contributed by atoms with Gasteiger partial charge in [0, 0.05) is 0 Å². The average molecular weight is 265 g/mol. The van der Waals surface area contributed by atoms with Crippen LogP contribution in [0.15, 0.2) is 36.4 Å². The first-order valence-electron chi connectivity index (χ1n) is 6.28. The lowest BCUT2D eigenvalue weighted by molar-refractivity contribution is 0.275. The summed E-state index contributed by atoms with van der Waals surface area (Å²) in [6, 6.07) is 12.9. The normalized spacial score (nSPS) is 12.9. The van der Waals surface area contributed by atoms with E-state index in [0.717, 1.165) is 16.6 Å². The summed E-state index contributed by atoms with van der Waals surface area (Å²) >= 11 is 0. The summed E-state index contributed by atoms with van der Waals surface area (Å²) in [5.74, 6) is 1.37. The van der Waals surface area contributed by atoms with E-state index < -0.39 is 7.12 Å². The van der Waals surface area contributed by atoms with Crippen LogP contribution in [-0.4, -0.2) is 12.1 Å². The molecular weight excluding hydrogens is 253 g/mol. The van der Waals surface area contributed by atoms with Crippen molar-refractivity contribution in [2.24, 2.45) is 0 Å². The molecule has 1 heterocycles. The minimum Gasteiger partial charge on any atom is -0.457 e. The Morgan fingerprint density at radius 2 is 2.00 bits per heavy atom. The lowest BCUT2D eigenvalue weighted by atomic mass is 9.80. The molecule has 20 heavy (non-hydrogen) atoms. The lowest BCUT2D eigenvalue weighted by Gasteiger charge is -2.08. The number of aryl methyl sites for hydroxylation is 1. The zero-order chi connectivity index (χ0) is 14.1. The van der Waals surface area contributed by atoms with Crippen molar-refractivity contribution in [2.45, 2.75) is 13.5 Å². The van der Waals surface area contributed by atoms with E-state index >= 15 is 0 Å². The van der Waals surface area contributed by atoms with Gasteiger partial charge in [-0.25, -0.2) is 0 Å². The Morgan fingerprint density at radius 1 is 1.25 bits per heavy atom. The average Bonchev–Trinajstić information content (AvgIpc) is 2.80. The van der Waals surface area contributed by atoms with Gasteiger partial charge in [-0.15, -0.1) is 0 Å². The van der Waals surface area contributed by atoms with E-state index in [2.05, 4.69) is 6.07 Å². The van der Waals surface area contributed by atoms with E-state index in [-0.39, 0.29) is 0 Å². The highest BCUT2D eigenvalue weighted by atomic mass is 16.5. The quantitative estimate of drug-likeness (QED) is 0.842. The van der Waals surface area contributed by atoms with Crippen LogP contribution in [0.1, 0.15) is 16.7 Å². The molecule has 0 aliphatic carbocycles. The van der Waals surface area contributed by atoms with E-state index in [1.54, 1.807) is 24.3 Å². The third-order valence-corrected chi connectivity index (χ3v) is 3.33. The van der Waals surface area contributed by atoms with Crippen molar-refractivity contribution in [3.05, 3.63) is 53.1 Å². The highest BCUT2D eigenvalue weighted by Gasteiger charge is 2.27. The van der Waals surface area contributed by atoms with Crippen LogP contribution in [0.2, 0.25) is 0 Å². The Morgan fingerprint density at radius 3 is 2.75 bits per heavy atom. The van der Waals surface area contributed by atoms with Gasteiger partial charge >= 0.3 is 7.12 Å². The van der Waals surface area contributed by atoms with Crippen molar-refractivity contribution in [1.29, 1.82) is 5.26 Å². The maximum absolute atomic E-state index is 9.56. The zero-order valence-corrected chi connectivity index (χ0v) is 11.0. The second-order valence-corrected chi connectivity index (χ2v) is 4.71. The summed E-state index contributed by atoms with van der Waals surface area (Å²) in [6.07, 6.45) is 0. The van der Waals surface area contributed by atoms with Gasteiger partial charge in [0.1, 0.15) is 11.5 Å². The van der Waals surface area contributed by atoms with Crippen molar-refractivity contribution in [1.82, 2.24) is 0 Å². The monoisotopic (exact) mass is 265 g/mol. The Kier molecular flexibility index (Phi) is 3.19. The topological polar surface area (TPSA) is 62.5 Å². The van der Waals surface area contributed by atoms with Crippen molar-refractivity contribution in [3.8, 4) is 17.6 Å². The molecule has 4 nitrogen and oxygen atoms in total. The second kappa shape index (κ2) is 5.01. The molecular formula is C15H12BNO3. The van der Waals surface area contributed by atoms with Crippen LogP contribution in [0.25, 0.3) is 0 Å². The fourth-order valence-electron chi connectivity index (χ4n) is 2.23. The molecule has 1 N–H and O–H groups in total. The van der Waals surface area contributed by atoms with Crippen molar-refractivity contribution in [3.63, 3.8) is 0 Å². The van der Waals surface area contributed by atoms with Crippen molar-refractivity contribution in [2.75, 3.05) is 0 Å². The summed E-state index contributed by atoms with van der Waals surface area (Å²) < 4.78 is 10.9. The van der Waals surface area contributed by atoms with Gasteiger partial charge < -0.3 is 14.4 Å². The molecule has 0 saturated carbocycles. The number of ether oxygens (including phenoxy) is 1. The van der Waals surface area contributed by atoms with Gasteiger partial charge in [-0.2, -0.15) is 5.26 Å². The molecule has 5 heteroatoms. The number of nitrogens with zero attached hydrogens (tertiary/aromatic N) is 1. The molecule has 2 aromatic carbocycles. The zero-order valence-electron chi connectivity index (χ0n) is 11.0. The van der Waals surface area contributed by atoms with Crippen molar-refractivity contribution >= 4 is 12.6 Å². The third-order valence-electron chi connectivity index (χ3n) is 3.33. The molecule has 98 valence electrons. The standard InChI is InChI=1S/C15H12BNO3/c1-10-6-13(3-2-11(10)8-17)20-14-4-5-15-12(7-14)9-19-16(15)18/h2-7,18H,9H2,1H3. The van der Waals surface area contributed by atoms with Gasteiger partial charge in [-0.3, -0.25) is 0 Å². The molecule has 0 fully saturated rings. The van der Waals surface area contributed by atoms with E-state index in [4.69, 9.17) is 14.7 Å². The molecule has 3 rings (SSSR count). The predicted octanol–water partition coefficient (Wildman–Crippen LogP) is 1.88. The number of hydrogen-bond donors (Lipinski definition) is 1. The summed E-state index contributed by atoms with van der Waals surface area (Å²) in [7, 11) is -0.837. The molecule has 0 spiro atoms. The van der Waals surface area contributed by atoms with Gasteiger partial charge in [-0.1, -0.05) is 6.07 Å². The number of fused-ring (bicyclic) bond motifs is 1. The van der Waals surface area contributed by atoms with Gasteiger partial charge in [0.2, 0.25) is 0 Å². The van der Waals surface area contributed by atoms with Crippen LogP contribution in [0.5, 0.6) is 11.5 Å². The Hall–Kier alpha value is -2.29. The van der Waals surface area contributed by atoms with Crippen LogP contribution < -0.4 is 10.2 Å². The van der Waals surface area contributed by atoms with Crippen LogP contribution in [0.4, 0.5) is 0 Å². The van der Waals surface area contributed by atoms with E-state index in [9.17, 15) is 5.02 Å². The van der Waals surface area contributed by atoms with E-state index in [0.29, 0.717) is 23.7 Å². The minimum atomic E-state index is -0.837. The molecule has 0 saturated heterocycles. The number of benzene rings is 2. The van der Waals surface area contributed by atoms with Gasteiger partial charge in [0.05, 0.1) is 18.2 Å². The minimum absolute atomic E-state index is 0.389. The first kappa shape index (κ1) is 12.7. The van der Waals surface area contributed by atoms with Crippen LogP contribution in [-0.2, 0) is 11.3 Å². The molecule has 0 aromatic heterocycles. The Labute approximate surface area is 117 Å². The van der Waals surface area contributed by atoms with E-state index in [1.807, 2.05) is 19.1 Å². The molecule has 0 radical (unpaired) electrons. The fraction of sp³-hybridized carbons (Fsp3) is 0.133. The SMILES string of the molecule is Cc1cc(Oc2ccc3c(c2)COB3O)ccc1C#N. The van der Waals surface area contributed by atoms with Gasteiger partial charge in [-0.05, 0) is 53.8 Å².